The van der Waals surface area contributed by atoms with Gasteiger partial charge in [-0.1, -0.05) is 46.3 Å². The molecule has 0 bridgehead atoms. The van der Waals surface area contributed by atoms with E-state index >= 15 is 0 Å². The number of carbonyl (C=O) groups is 2. The Morgan fingerprint density at radius 1 is 1.04 bits per heavy atom. The van der Waals surface area contributed by atoms with Crippen LogP contribution in [-0.4, -0.2) is 30.1 Å². The van der Waals surface area contributed by atoms with Gasteiger partial charge in [-0.3, -0.25) is 9.59 Å². The van der Waals surface area contributed by atoms with Crippen molar-refractivity contribution in [3.63, 3.8) is 0 Å². The third-order valence-corrected chi connectivity index (χ3v) is 3.86. The van der Waals surface area contributed by atoms with Crippen LogP contribution >= 0.6 is 15.9 Å². The molecule has 0 unspecified atom stereocenters. The molecule has 0 heterocycles. The molecule has 3 N–H and O–H groups in total. The monoisotopic (exact) mass is 402 g/mol. The van der Waals surface area contributed by atoms with E-state index in [1.165, 1.54) is 0 Å². The molecule has 6 heteroatoms. The van der Waals surface area contributed by atoms with Crippen molar-refractivity contribution < 1.29 is 14.7 Å². The second kappa shape index (κ2) is 9.76. The van der Waals surface area contributed by atoms with Crippen molar-refractivity contribution in [2.24, 2.45) is 0 Å². The van der Waals surface area contributed by atoms with Gasteiger partial charge in [-0.05, 0) is 42.3 Å². The summed E-state index contributed by atoms with van der Waals surface area (Å²) in [5, 5.41) is 14.2. The van der Waals surface area contributed by atoms with Crippen molar-refractivity contribution in [1.29, 1.82) is 0 Å². The fourth-order valence-electron chi connectivity index (χ4n) is 2.04. The minimum Gasteiger partial charge on any atom is -0.396 e. The van der Waals surface area contributed by atoms with Gasteiger partial charge < -0.3 is 15.7 Å². The summed E-state index contributed by atoms with van der Waals surface area (Å²) in [6.45, 7) is 0.316. The largest absolute Gasteiger partial charge is 0.396 e. The number of aliphatic hydroxyl groups excluding tert-OH is 1. The highest BCUT2D eigenvalue weighted by Gasteiger charge is 2.14. The summed E-state index contributed by atoms with van der Waals surface area (Å²) in [5.41, 5.74) is 1.39. The maximum Gasteiger partial charge on any atom is 0.267 e. The Balaban J connectivity index is 2.20. The van der Waals surface area contributed by atoms with E-state index in [1.54, 1.807) is 30.3 Å². The first-order valence-electron chi connectivity index (χ1n) is 7.83. The van der Waals surface area contributed by atoms with Crippen molar-refractivity contribution in [3.8, 4) is 0 Å². The van der Waals surface area contributed by atoms with Crippen molar-refractivity contribution in [2.45, 2.75) is 6.42 Å². The van der Waals surface area contributed by atoms with E-state index < -0.39 is 5.91 Å². The molecule has 0 atom stereocenters. The van der Waals surface area contributed by atoms with E-state index in [1.807, 2.05) is 30.3 Å². The van der Waals surface area contributed by atoms with Crippen LogP contribution in [0.3, 0.4) is 0 Å². The Morgan fingerprint density at radius 2 is 1.72 bits per heavy atom. The summed E-state index contributed by atoms with van der Waals surface area (Å²) < 4.78 is 0.923. The van der Waals surface area contributed by atoms with Crippen LogP contribution in [0.2, 0.25) is 0 Å². The molecule has 2 aromatic rings. The fraction of sp³-hybridized carbons (Fsp3) is 0.158. The number of benzene rings is 2. The number of nitrogens with one attached hydrogen (secondary N) is 2. The van der Waals surface area contributed by atoms with Gasteiger partial charge in [0.1, 0.15) is 5.70 Å². The van der Waals surface area contributed by atoms with E-state index in [9.17, 15) is 9.59 Å². The van der Waals surface area contributed by atoms with Gasteiger partial charge in [0.25, 0.3) is 11.8 Å². The zero-order chi connectivity index (χ0) is 18.1. The summed E-state index contributed by atoms with van der Waals surface area (Å²) >= 11 is 3.36. The summed E-state index contributed by atoms with van der Waals surface area (Å²) in [4.78, 5) is 24.7. The van der Waals surface area contributed by atoms with E-state index in [2.05, 4.69) is 26.6 Å². The summed E-state index contributed by atoms with van der Waals surface area (Å²) in [7, 11) is 0. The molecule has 2 amide bonds. The Bertz CT molecular complexity index is 743. The van der Waals surface area contributed by atoms with E-state index in [0.29, 0.717) is 18.5 Å². The van der Waals surface area contributed by atoms with Crippen LogP contribution in [-0.2, 0) is 4.79 Å². The van der Waals surface area contributed by atoms with Gasteiger partial charge in [0, 0.05) is 23.2 Å². The third-order valence-electron chi connectivity index (χ3n) is 3.33. The molecular weight excluding hydrogens is 384 g/mol. The summed E-state index contributed by atoms with van der Waals surface area (Å²) in [6, 6.07) is 16.1. The average Bonchev–Trinajstić information content (AvgIpc) is 2.63. The molecule has 5 nitrogen and oxygen atoms in total. The predicted octanol–water partition coefficient (Wildman–Crippen LogP) is 2.72. The van der Waals surface area contributed by atoms with Crippen LogP contribution in [0.4, 0.5) is 0 Å². The molecule has 0 saturated carbocycles. The molecule has 25 heavy (non-hydrogen) atoms. The van der Waals surface area contributed by atoms with Gasteiger partial charge in [-0.15, -0.1) is 0 Å². The zero-order valence-corrected chi connectivity index (χ0v) is 15.1. The second-order valence-electron chi connectivity index (χ2n) is 5.26. The summed E-state index contributed by atoms with van der Waals surface area (Å²) in [6.07, 6.45) is 2.06. The standard InChI is InChI=1S/C19H19BrN2O3/c20-16-9-7-14(8-10-16)13-17(19(25)21-11-4-12-23)22-18(24)15-5-2-1-3-6-15/h1-3,5-10,13,23H,4,11-12H2,(H,21,25)(H,22,24)/b17-13+. The second-order valence-corrected chi connectivity index (χ2v) is 6.18. The molecule has 0 spiro atoms. The lowest BCUT2D eigenvalue weighted by molar-refractivity contribution is -0.117. The Hall–Kier alpha value is -2.44. The van der Waals surface area contributed by atoms with Gasteiger partial charge in [0.05, 0.1) is 0 Å². The molecule has 0 radical (unpaired) electrons. The lowest BCUT2D eigenvalue weighted by Crippen LogP contribution is -2.35. The first kappa shape index (κ1) is 18.9. The zero-order valence-electron chi connectivity index (χ0n) is 13.5. The molecule has 0 aliphatic rings. The molecule has 2 aromatic carbocycles. The third kappa shape index (κ3) is 6.17. The van der Waals surface area contributed by atoms with Crippen molar-refractivity contribution in [2.75, 3.05) is 13.2 Å². The molecule has 0 aromatic heterocycles. The average molecular weight is 403 g/mol. The molecule has 0 saturated heterocycles. The number of carbonyl (C=O) groups excluding carboxylic acids is 2. The predicted molar refractivity (Wildman–Crippen MR) is 101 cm³/mol. The molecular formula is C19H19BrN2O3. The summed E-state index contributed by atoms with van der Waals surface area (Å²) in [5.74, 6) is -0.762. The Kier molecular flexibility index (Phi) is 7.37. The number of aliphatic hydroxyl groups is 1. The van der Waals surface area contributed by atoms with Crippen LogP contribution in [0, 0.1) is 0 Å². The normalized spacial score (nSPS) is 11.0. The molecule has 2 rings (SSSR count). The quantitative estimate of drug-likeness (QED) is 0.492. The lowest BCUT2D eigenvalue weighted by atomic mass is 10.1. The lowest BCUT2D eigenvalue weighted by Gasteiger charge is -2.11. The molecule has 0 aliphatic carbocycles. The number of hydrogen-bond acceptors (Lipinski definition) is 3. The Morgan fingerprint density at radius 3 is 2.36 bits per heavy atom. The van der Waals surface area contributed by atoms with Gasteiger partial charge in [-0.25, -0.2) is 0 Å². The number of amides is 2. The molecule has 0 fully saturated rings. The minimum atomic E-state index is -0.402. The SMILES string of the molecule is O=C(NCCCO)/C(=C\c1ccc(Br)cc1)NC(=O)c1ccccc1. The topological polar surface area (TPSA) is 78.4 Å². The number of halogens is 1. The van der Waals surface area contributed by atoms with Crippen LogP contribution in [0.15, 0.2) is 64.8 Å². The first-order valence-corrected chi connectivity index (χ1v) is 8.62. The first-order chi connectivity index (χ1) is 12.1. The van der Waals surface area contributed by atoms with Gasteiger partial charge >= 0.3 is 0 Å². The van der Waals surface area contributed by atoms with E-state index in [-0.39, 0.29) is 18.2 Å². The van der Waals surface area contributed by atoms with Gasteiger partial charge in [-0.2, -0.15) is 0 Å². The highest BCUT2D eigenvalue weighted by atomic mass is 79.9. The van der Waals surface area contributed by atoms with Crippen molar-refractivity contribution in [3.05, 3.63) is 75.9 Å². The van der Waals surface area contributed by atoms with Gasteiger partial charge in [0.15, 0.2) is 0 Å². The van der Waals surface area contributed by atoms with Crippen LogP contribution < -0.4 is 10.6 Å². The number of hydrogen-bond donors (Lipinski definition) is 3. The van der Waals surface area contributed by atoms with Crippen LogP contribution in [0.25, 0.3) is 6.08 Å². The smallest absolute Gasteiger partial charge is 0.267 e. The van der Waals surface area contributed by atoms with E-state index in [4.69, 9.17) is 5.11 Å². The van der Waals surface area contributed by atoms with Crippen LogP contribution in [0.5, 0.6) is 0 Å². The Labute approximate surface area is 154 Å². The maximum absolute atomic E-state index is 12.4. The van der Waals surface area contributed by atoms with Crippen LogP contribution in [0.1, 0.15) is 22.3 Å². The minimum absolute atomic E-state index is 0.0115. The number of rotatable bonds is 7. The van der Waals surface area contributed by atoms with E-state index in [0.717, 1.165) is 10.0 Å². The highest BCUT2D eigenvalue weighted by Crippen LogP contribution is 2.13. The maximum atomic E-state index is 12.4. The van der Waals surface area contributed by atoms with Crippen molar-refractivity contribution >= 4 is 33.8 Å². The molecule has 0 aliphatic heterocycles. The van der Waals surface area contributed by atoms with Crippen molar-refractivity contribution in [1.82, 2.24) is 10.6 Å². The fourth-order valence-corrected chi connectivity index (χ4v) is 2.31. The van der Waals surface area contributed by atoms with Gasteiger partial charge in [0.2, 0.25) is 0 Å². The highest BCUT2D eigenvalue weighted by molar-refractivity contribution is 9.10. The molecule has 130 valence electrons.